The molecule has 2 aromatic carbocycles. The monoisotopic (exact) mass is 332 g/mol. The van der Waals surface area contributed by atoms with Crippen molar-refractivity contribution in [3.63, 3.8) is 0 Å². The van der Waals surface area contributed by atoms with Crippen LogP contribution in [0, 0.1) is 0 Å². The summed E-state index contributed by atoms with van der Waals surface area (Å²) < 4.78 is 5.06. The summed E-state index contributed by atoms with van der Waals surface area (Å²) in [6.07, 6.45) is 3.06. The fraction of sp³-hybridized carbons (Fsp3) is 0.400. The molecular formula is C20H25ClO2. The fourth-order valence-corrected chi connectivity index (χ4v) is 3.10. The molecule has 2 nitrogen and oxygen atoms in total. The van der Waals surface area contributed by atoms with Crippen molar-refractivity contribution in [2.75, 3.05) is 13.7 Å². The molecule has 2 aromatic rings. The van der Waals surface area contributed by atoms with E-state index in [1.807, 2.05) is 24.3 Å². The van der Waals surface area contributed by atoms with Gasteiger partial charge in [0, 0.05) is 24.3 Å². The Morgan fingerprint density at radius 2 is 1.91 bits per heavy atom. The van der Waals surface area contributed by atoms with Gasteiger partial charge in [-0.2, -0.15) is 0 Å². The lowest BCUT2D eigenvalue weighted by molar-refractivity contribution is 0.151. The van der Waals surface area contributed by atoms with Gasteiger partial charge in [-0.3, -0.25) is 0 Å². The quantitative estimate of drug-likeness (QED) is 0.654. The second-order valence-electron chi connectivity index (χ2n) is 5.76. The number of benzene rings is 2. The third kappa shape index (κ3) is 4.81. The minimum absolute atomic E-state index is 0.508. The second-order valence-corrected chi connectivity index (χ2v) is 6.17. The van der Waals surface area contributed by atoms with Gasteiger partial charge >= 0.3 is 0 Å². The summed E-state index contributed by atoms with van der Waals surface area (Å²) in [5, 5.41) is 11.3. The van der Waals surface area contributed by atoms with Gasteiger partial charge in [0.15, 0.2) is 0 Å². The summed E-state index contributed by atoms with van der Waals surface area (Å²) in [5.74, 6) is 0. The van der Waals surface area contributed by atoms with Crippen LogP contribution in [0.2, 0.25) is 5.02 Å². The molecule has 124 valence electrons. The van der Waals surface area contributed by atoms with Crippen LogP contribution in [0.15, 0.2) is 42.5 Å². The standard InChI is InChI=1S/C20H25ClO2/c1-3-15-8-6-9-16(14-15)20-17(10-7-11-18(20)21)19(22)12-4-5-13-23-2/h6-11,14,19,22H,3-5,12-13H2,1-2H3. The average molecular weight is 333 g/mol. The van der Waals surface area contributed by atoms with E-state index in [9.17, 15) is 5.11 Å². The molecule has 1 unspecified atom stereocenters. The van der Waals surface area contributed by atoms with E-state index in [-0.39, 0.29) is 0 Å². The molecule has 0 aliphatic carbocycles. The van der Waals surface area contributed by atoms with Gasteiger partial charge in [0.25, 0.3) is 0 Å². The van der Waals surface area contributed by atoms with Gasteiger partial charge in [-0.05, 0) is 48.4 Å². The Morgan fingerprint density at radius 1 is 1.13 bits per heavy atom. The van der Waals surface area contributed by atoms with Crippen molar-refractivity contribution < 1.29 is 9.84 Å². The van der Waals surface area contributed by atoms with Crippen LogP contribution >= 0.6 is 11.6 Å². The summed E-state index contributed by atoms with van der Waals surface area (Å²) in [6, 6.07) is 14.1. The third-order valence-electron chi connectivity index (χ3n) is 4.10. The number of hydrogen-bond acceptors (Lipinski definition) is 2. The normalized spacial score (nSPS) is 12.3. The summed E-state index contributed by atoms with van der Waals surface area (Å²) in [4.78, 5) is 0. The highest BCUT2D eigenvalue weighted by atomic mass is 35.5. The Labute approximate surface area is 144 Å². The largest absolute Gasteiger partial charge is 0.388 e. The number of unbranched alkanes of at least 4 members (excludes halogenated alkanes) is 1. The SMILES string of the molecule is CCc1cccc(-c2c(Cl)cccc2C(O)CCCCOC)c1. The Balaban J connectivity index is 2.28. The smallest absolute Gasteiger partial charge is 0.0796 e. The Kier molecular flexibility index (Phi) is 7.10. The fourth-order valence-electron chi connectivity index (χ4n) is 2.81. The van der Waals surface area contributed by atoms with Crippen LogP contribution in [0.1, 0.15) is 43.4 Å². The maximum Gasteiger partial charge on any atom is 0.0796 e. The van der Waals surface area contributed by atoms with E-state index in [2.05, 4.69) is 25.1 Å². The number of rotatable bonds is 8. The van der Waals surface area contributed by atoms with E-state index in [0.717, 1.165) is 42.6 Å². The van der Waals surface area contributed by atoms with Crippen molar-refractivity contribution in [1.82, 2.24) is 0 Å². The van der Waals surface area contributed by atoms with Gasteiger partial charge in [-0.1, -0.05) is 54.9 Å². The molecule has 1 N–H and O–H groups in total. The van der Waals surface area contributed by atoms with Gasteiger partial charge in [-0.25, -0.2) is 0 Å². The predicted octanol–water partition coefficient (Wildman–Crippen LogP) is 5.42. The van der Waals surface area contributed by atoms with E-state index in [0.29, 0.717) is 11.4 Å². The molecule has 0 saturated carbocycles. The molecule has 0 spiro atoms. The lowest BCUT2D eigenvalue weighted by Crippen LogP contribution is -2.02. The zero-order chi connectivity index (χ0) is 16.7. The van der Waals surface area contributed by atoms with Crippen LogP contribution in [0.4, 0.5) is 0 Å². The zero-order valence-corrected chi connectivity index (χ0v) is 14.6. The molecule has 3 heteroatoms. The predicted molar refractivity (Wildman–Crippen MR) is 97.0 cm³/mol. The van der Waals surface area contributed by atoms with E-state index in [1.54, 1.807) is 7.11 Å². The first-order valence-electron chi connectivity index (χ1n) is 8.22. The average Bonchev–Trinajstić information content (AvgIpc) is 2.58. The summed E-state index contributed by atoms with van der Waals surface area (Å²) in [7, 11) is 1.70. The van der Waals surface area contributed by atoms with Crippen LogP contribution in [0.3, 0.4) is 0 Å². The first-order chi connectivity index (χ1) is 11.2. The molecule has 0 bridgehead atoms. The number of hydrogen-bond donors (Lipinski definition) is 1. The second kappa shape index (κ2) is 9.07. The number of aliphatic hydroxyl groups excluding tert-OH is 1. The first-order valence-corrected chi connectivity index (χ1v) is 8.60. The zero-order valence-electron chi connectivity index (χ0n) is 13.9. The molecule has 23 heavy (non-hydrogen) atoms. The third-order valence-corrected chi connectivity index (χ3v) is 4.42. The highest BCUT2D eigenvalue weighted by Crippen LogP contribution is 2.36. The van der Waals surface area contributed by atoms with Gasteiger partial charge in [0.1, 0.15) is 0 Å². The molecule has 2 rings (SSSR count). The molecule has 0 radical (unpaired) electrons. The van der Waals surface area contributed by atoms with E-state index in [4.69, 9.17) is 16.3 Å². The lowest BCUT2D eigenvalue weighted by Gasteiger charge is -2.17. The molecule has 0 aliphatic rings. The van der Waals surface area contributed by atoms with Gasteiger partial charge in [0.05, 0.1) is 6.10 Å². The van der Waals surface area contributed by atoms with Crippen molar-refractivity contribution >= 4 is 11.6 Å². The Morgan fingerprint density at radius 3 is 2.65 bits per heavy atom. The highest BCUT2D eigenvalue weighted by Gasteiger charge is 2.16. The summed E-state index contributed by atoms with van der Waals surface area (Å²) in [5.41, 5.74) is 4.19. The first kappa shape index (κ1) is 18.0. The molecule has 0 aromatic heterocycles. The van der Waals surface area contributed by atoms with Gasteiger partial charge in [-0.15, -0.1) is 0 Å². The van der Waals surface area contributed by atoms with Gasteiger partial charge < -0.3 is 9.84 Å². The molecular weight excluding hydrogens is 308 g/mol. The van der Waals surface area contributed by atoms with E-state index >= 15 is 0 Å². The number of ether oxygens (including phenoxy) is 1. The molecule has 0 heterocycles. The molecule has 0 saturated heterocycles. The topological polar surface area (TPSA) is 29.5 Å². The van der Waals surface area contributed by atoms with Crippen LogP contribution in [0.25, 0.3) is 11.1 Å². The minimum Gasteiger partial charge on any atom is -0.388 e. The highest BCUT2D eigenvalue weighted by molar-refractivity contribution is 6.33. The van der Waals surface area contributed by atoms with Crippen molar-refractivity contribution in [2.45, 2.75) is 38.7 Å². The van der Waals surface area contributed by atoms with Crippen LogP contribution in [-0.2, 0) is 11.2 Å². The molecule has 0 amide bonds. The van der Waals surface area contributed by atoms with Crippen LogP contribution in [-0.4, -0.2) is 18.8 Å². The number of halogens is 1. The molecule has 0 fully saturated rings. The summed E-state index contributed by atoms with van der Waals surface area (Å²) in [6.45, 7) is 2.87. The van der Waals surface area contributed by atoms with Crippen LogP contribution < -0.4 is 0 Å². The Hall–Kier alpha value is -1.35. The Bertz CT molecular complexity index is 625. The minimum atomic E-state index is -0.508. The van der Waals surface area contributed by atoms with Crippen LogP contribution in [0.5, 0.6) is 0 Å². The van der Waals surface area contributed by atoms with Crippen molar-refractivity contribution in [3.05, 3.63) is 58.6 Å². The van der Waals surface area contributed by atoms with Crippen molar-refractivity contribution in [3.8, 4) is 11.1 Å². The maximum atomic E-state index is 10.6. The van der Waals surface area contributed by atoms with Gasteiger partial charge in [0.2, 0.25) is 0 Å². The van der Waals surface area contributed by atoms with E-state index in [1.165, 1.54) is 5.56 Å². The number of methoxy groups -OCH3 is 1. The van der Waals surface area contributed by atoms with E-state index < -0.39 is 6.10 Å². The maximum absolute atomic E-state index is 10.6. The molecule has 0 aliphatic heterocycles. The number of aryl methyl sites for hydroxylation is 1. The lowest BCUT2D eigenvalue weighted by atomic mass is 9.92. The molecule has 1 atom stereocenters. The number of aliphatic hydroxyl groups is 1. The summed E-state index contributed by atoms with van der Waals surface area (Å²) >= 11 is 6.46. The van der Waals surface area contributed by atoms with Crippen molar-refractivity contribution in [2.24, 2.45) is 0 Å². The van der Waals surface area contributed by atoms with Crippen molar-refractivity contribution in [1.29, 1.82) is 0 Å².